The van der Waals surface area contributed by atoms with Crippen LogP contribution in [0.25, 0.3) is 0 Å². The second kappa shape index (κ2) is 4.36. The van der Waals surface area contributed by atoms with Crippen molar-refractivity contribution >= 4 is 0 Å². The summed E-state index contributed by atoms with van der Waals surface area (Å²) in [6, 6.07) is 0.321. The third kappa shape index (κ3) is 4.03. The zero-order valence-corrected chi connectivity index (χ0v) is 8.45. The fraction of sp³-hybridized carbons (Fsp3) is 1.00. The molecule has 0 spiro atoms. The summed E-state index contributed by atoms with van der Waals surface area (Å²) in [6.07, 6.45) is 2.16. The second-order valence-electron chi connectivity index (χ2n) is 4.74. The van der Waals surface area contributed by atoms with Gasteiger partial charge in [0.25, 0.3) is 6.43 Å². The highest BCUT2D eigenvalue weighted by Crippen LogP contribution is 2.34. The quantitative estimate of drug-likeness (QED) is 0.723. The molecule has 0 aromatic carbocycles. The van der Waals surface area contributed by atoms with Crippen molar-refractivity contribution in [3.8, 4) is 0 Å². The smallest absolute Gasteiger partial charge is 0.250 e. The Morgan fingerprint density at radius 2 is 1.85 bits per heavy atom. The minimum atomic E-state index is -2.21. The first kappa shape index (κ1) is 10.9. The molecule has 1 nitrogen and oxygen atoms in total. The van der Waals surface area contributed by atoms with Crippen LogP contribution in [0.4, 0.5) is 8.78 Å². The minimum Gasteiger partial charge on any atom is -0.309 e. The first-order valence-corrected chi connectivity index (χ1v) is 5.01. The molecule has 0 amide bonds. The van der Waals surface area contributed by atoms with Crippen LogP contribution in [0.15, 0.2) is 0 Å². The number of halogens is 2. The number of hydrogen-bond acceptors (Lipinski definition) is 1. The zero-order valence-electron chi connectivity index (χ0n) is 8.45. The number of alkyl halides is 2. The van der Waals surface area contributed by atoms with Crippen molar-refractivity contribution < 1.29 is 8.78 Å². The fourth-order valence-corrected chi connectivity index (χ4v) is 1.86. The van der Waals surface area contributed by atoms with Gasteiger partial charge in [-0.3, -0.25) is 0 Å². The molecule has 0 saturated heterocycles. The van der Waals surface area contributed by atoms with E-state index in [1.807, 2.05) is 0 Å². The van der Waals surface area contributed by atoms with Gasteiger partial charge in [-0.25, -0.2) is 8.78 Å². The highest BCUT2D eigenvalue weighted by atomic mass is 19.3. The summed E-state index contributed by atoms with van der Waals surface area (Å²) in [5, 5.41) is 2.91. The lowest BCUT2D eigenvalue weighted by Gasteiger charge is -2.34. The summed E-state index contributed by atoms with van der Waals surface area (Å²) in [5.74, 6) is 0. The summed E-state index contributed by atoms with van der Waals surface area (Å²) in [6.45, 7) is 4.35. The Kier molecular flexibility index (Phi) is 3.65. The topological polar surface area (TPSA) is 12.0 Å². The van der Waals surface area contributed by atoms with Crippen LogP contribution in [0, 0.1) is 5.41 Å². The molecule has 0 bridgehead atoms. The molecule has 1 N–H and O–H groups in total. The summed E-state index contributed by atoms with van der Waals surface area (Å²) in [7, 11) is 0. The summed E-state index contributed by atoms with van der Waals surface area (Å²) in [4.78, 5) is 0. The van der Waals surface area contributed by atoms with Gasteiger partial charge in [-0.1, -0.05) is 13.8 Å². The maximum Gasteiger partial charge on any atom is 0.250 e. The predicted octanol–water partition coefficient (Wildman–Crippen LogP) is 2.81. The summed E-state index contributed by atoms with van der Waals surface area (Å²) < 4.78 is 23.8. The molecule has 1 fully saturated rings. The van der Waals surface area contributed by atoms with E-state index in [2.05, 4.69) is 19.2 Å². The Labute approximate surface area is 78.9 Å². The molecule has 0 aromatic heterocycles. The molecule has 1 aliphatic carbocycles. The Balaban J connectivity index is 2.18. The molecule has 0 radical (unpaired) electrons. The van der Waals surface area contributed by atoms with Gasteiger partial charge in [-0.05, 0) is 31.1 Å². The van der Waals surface area contributed by atoms with E-state index in [-0.39, 0.29) is 6.54 Å². The van der Waals surface area contributed by atoms with E-state index in [1.54, 1.807) is 0 Å². The summed E-state index contributed by atoms with van der Waals surface area (Å²) >= 11 is 0. The van der Waals surface area contributed by atoms with Crippen LogP contribution in [0.3, 0.4) is 0 Å². The Morgan fingerprint density at radius 1 is 1.31 bits per heavy atom. The number of hydrogen-bond donors (Lipinski definition) is 1. The number of nitrogens with one attached hydrogen (secondary N) is 1. The number of rotatable bonds is 3. The summed E-state index contributed by atoms with van der Waals surface area (Å²) in [5.41, 5.74) is 0.420. The lowest BCUT2D eigenvalue weighted by atomic mass is 9.75. The van der Waals surface area contributed by atoms with Crippen molar-refractivity contribution in [2.45, 2.75) is 52.0 Å². The van der Waals surface area contributed by atoms with E-state index >= 15 is 0 Å². The van der Waals surface area contributed by atoms with Crippen molar-refractivity contribution in [2.75, 3.05) is 6.54 Å². The van der Waals surface area contributed by atoms with Crippen LogP contribution < -0.4 is 5.32 Å². The average molecular weight is 191 g/mol. The van der Waals surface area contributed by atoms with Gasteiger partial charge < -0.3 is 5.32 Å². The van der Waals surface area contributed by atoms with Gasteiger partial charge in [0.15, 0.2) is 0 Å². The Hall–Kier alpha value is -0.180. The van der Waals surface area contributed by atoms with Gasteiger partial charge in [0, 0.05) is 6.04 Å². The maximum atomic E-state index is 11.9. The van der Waals surface area contributed by atoms with E-state index in [9.17, 15) is 8.78 Å². The molecule has 0 unspecified atom stereocenters. The first-order chi connectivity index (χ1) is 5.99. The fourth-order valence-electron chi connectivity index (χ4n) is 1.86. The van der Waals surface area contributed by atoms with Gasteiger partial charge in [0.1, 0.15) is 0 Å². The van der Waals surface area contributed by atoms with E-state index in [0.717, 1.165) is 25.7 Å². The minimum absolute atomic E-state index is 0.148. The third-order valence-corrected chi connectivity index (χ3v) is 2.90. The van der Waals surface area contributed by atoms with E-state index in [1.165, 1.54) is 0 Å². The van der Waals surface area contributed by atoms with Crippen LogP contribution in [-0.4, -0.2) is 19.0 Å². The van der Waals surface area contributed by atoms with E-state index < -0.39 is 6.43 Å². The maximum absolute atomic E-state index is 11.9. The van der Waals surface area contributed by atoms with E-state index in [4.69, 9.17) is 0 Å². The highest BCUT2D eigenvalue weighted by molar-refractivity contribution is 4.82. The Bertz CT molecular complexity index is 144. The molecule has 3 heteroatoms. The SMILES string of the molecule is CC1(C)CCC(NCC(F)F)CC1. The molecule has 0 heterocycles. The van der Waals surface area contributed by atoms with E-state index in [0.29, 0.717) is 11.5 Å². The van der Waals surface area contributed by atoms with Crippen molar-refractivity contribution in [2.24, 2.45) is 5.41 Å². The van der Waals surface area contributed by atoms with Gasteiger partial charge in [0.05, 0.1) is 6.54 Å². The largest absolute Gasteiger partial charge is 0.309 e. The highest BCUT2D eigenvalue weighted by Gasteiger charge is 2.26. The molecular formula is C10H19F2N. The molecule has 1 aliphatic rings. The van der Waals surface area contributed by atoms with Crippen LogP contribution in [0.1, 0.15) is 39.5 Å². The molecule has 13 heavy (non-hydrogen) atoms. The van der Waals surface area contributed by atoms with Gasteiger partial charge >= 0.3 is 0 Å². The molecular weight excluding hydrogens is 172 g/mol. The normalized spacial score (nSPS) is 23.8. The molecule has 78 valence electrons. The molecule has 0 aliphatic heterocycles. The molecule has 0 aromatic rings. The monoisotopic (exact) mass is 191 g/mol. The van der Waals surface area contributed by atoms with Gasteiger partial charge in [-0.2, -0.15) is 0 Å². The van der Waals surface area contributed by atoms with Crippen molar-refractivity contribution in [1.82, 2.24) is 5.32 Å². The second-order valence-corrected chi connectivity index (χ2v) is 4.74. The van der Waals surface area contributed by atoms with Crippen molar-refractivity contribution in [3.05, 3.63) is 0 Å². The van der Waals surface area contributed by atoms with Crippen molar-refractivity contribution in [1.29, 1.82) is 0 Å². The molecule has 0 atom stereocenters. The molecule has 1 saturated carbocycles. The zero-order chi connectivity index (χ0) is 9.90. The third-order valence-electron chi connectivity index (χ3n) is 2.90. The van der Waals surface area contributed by atoms with Gasteiger partial charge in [0.2, 0.25) is 0 Å². The van der Waals surface area contributed by atoms with Crippen LogP contribution in [0.2, 0.25) is 0 Å². The average Bonchev–Trinajstić information content (AvgIpc) is 2.02. The first-order valence-electron chi connectivity index (χ1n) is 5.01. The van der Waals surface area contributed by atoms with Gasteiger partial charge in [-0.15, -0.1) is 0 Å². The Morgan fingerprint density at radius 3 is 2.31 bits per heavy atom. The lowest BCUT2D eigenvalue weighted by Crippen LogP contribution is -2.37. The predicted molar refractivity (Wildman–Crippen MR) is 50.0 cm³/mol. The van der Waals surface area contributed by atoms with Crippen molar-refractivity contribution in [3.63, 3.8) is 0 Å². The van der Waals surface area contributed by atoms with Crippen LogP contribution >= 0.6 is 0 Å². The lowest BCUT2D eigenvalue weighted by molar-refractivity contribution is 0.129. The van der Waals surface area contributed by atoms with Crippen LogP contribution in [-0.2, 0) is 0 Å². The standard InChI is InChI=1S/C10H19F2N/c1-10(2)5-3-8(4-6-10)13-7-9(11)12/h8-9,13H,3-7H2,1-2H3. The molecule has 1 rings (SSSR count). The van der Waals surface area contributed by atoms with Crippen LogP contribution in [0.5, 0.6) is 0 Å².